The van der Waals surface area contributed by atoms with Gasteiger partial charge in [-0.25, -0.2) is 9.78 Å². The third-order valence-electron chi connectivity index (χ3n) is 3.35. The zero-order valence-electron chi connectivity index (χ0n) is 12.9. The number of thiophene rings is 1. The van der Waals surface area contributed by atoms with Crippen LogP contribution in [-0.4, -0.2) is 18.1 Å². The predicted molar refractivity (Wildman–Crippen MR) is 96.5 cm³/mol. The number of carbonyl (C=O) groups excluding carboxylic acids is 1. The lowest BCUT2D eigenvalue weighted by atomic mass is 10.1. The third kappa shape index (κ3) is 3.93. The van der Waals surface area contributed by atoms with Gasteiger partial charge in [0.25, 0.3) is 0 Å². The Morgan fingerprint density at radius 3 is 2.96 bits per heavy atom. The molecule has 0 aliphatic rings. The first-order valence-corrected chi connectivity index (χ1v) is 8.43. The fraction of sp³-hybridized carbons (Fsp3) is 0.111. The molecular formula is C18H14ClNO3S. The van der Waals surface area contributed by atoms with Gasteiger partial charge in [-0.3, -0.25) is 0 Å². The summed E-state index contributed by atoms with van der Waals surface area (Å²) in [6.45, 7) is 0.0708. The summed E-state index contributed by atoms with van der Waals surface area (Å²) < 4.78 is 10.4. The summed E-state index contributed by atoms with van der Waals surface area (Å²) in [5.74, 6) is 0.290. The molecule has 0 bridgehead atoms. The van der Waals surface area contributed by atoms with E-state index in [1.165, 1.54) is 6.08 Å². The zero-order valence-corrected chi connectivity index (χ0v) is 14.4. The molecule has 2 heterocycles. The minimum absolute atomic E-state index is 0.0708. The summed E-state index contributed by atoms with van der Waals surface area (Å²) in [5, 5.41) is 3.16. The van der Waals surface area contributed by atoms with E-state index in [1.54, 1.807) is 30.6 Å². The van der Waals surface area contributed by atoms with Crippen molar-refractivity contribution in [1.29, 1.82) is 0 Å². The molecule has 1 aromatic carbocycles. The smallest absolute Gasteiger partial charge is 0.331 e. The maximum absolute atomic E-state index is 11.8. The van der Waals surface area contributed by atoms with Crippen molar-refractivity contribution in [2.75, 3.05) is 7.11 Å². The zero-order chi connectivity index (χ0) is 16.9. The van der Waals surface area contributed by atoms with Gasteiger partial charge in [-0.05, 0) is 35.7 Å². The van der Waals surface area contributed by atoms with Crippen LogP contribution in [0.1, 0.15) is 10.4 Å². The van der Waals surface area contributed by atoms with Crippen LogP contribution in [0.15, 0.2) is 47.9 Å². The average molecular weight is 360 g/mol. The van der Waals surface area contributed by atoms with Crippen molar-refractivity contribution in [2.45, 2.75) is 6.61 Å². The molecule has 6 heteroatoms. The number of aromatic nitrogens is 1. The lowest BCUT2D eigenvalue weighted by molar-refractivity contribution is -0.138. The Kier molecular flexibility index (Phi) is 5.13. The van der Waals surface area contributed by atoms with E-state index in [-0.39, 0.29) is 6.61 Å². The summed E-state index contributed by atoms with van der Waals surface area (Å²) in [7, 11) is 1.60. The van der Waals surface area contributed by atoms with Crippen LogP contribution in [0.25, 0.3) is 17.0 Å². The van der Waals surface area contributed by atoms with Crippen molar-refractivity contribution < 1.29 is 14.3 Å². The number of halogens is 1. The van der Waals surface area contributed by atoms with Gasteiger partial charge < -0.3 is 9.47 Å². The van der Waals surface area contributed by atoms with E-state index in [1.807, 2.05) is 35.7 Å². The van der Waals surface area contributed by atoms with Crippen LogP contribution in [0.4, 0.5) is 0 Å². The lowest BCUT2D eigenvalue weighted by Crippen LogP contribution is -2.02. The Morgan fingerprint density at radius 2 is 2.21 bits per heavy atom. The van der Waals surface area contributed by atoms with Gasteiger partial charge in [0.1, 0.15) is 17.5 Å². The summed E-state index contributed by atoms with van der Waals surface area (Å²) in [6.07, 6.45) is 3.12. The molecule has 3 aromatic rings. The van der Waals surface area contributed by atoms with Gasteiger partial charge in [0, 0.05) is 28.0 Å². The Morgan fingerprint density at radius 1 is 1.33 bits per heavy atom. The topological polar surface area (TPSA) is 48.4 Å². The molecule has 0 fully saturated rings. The number of ether oxygens (including phenoxy) is 2. The summed E-state index contributed by atoms with van der Waals surface area (Å²) >= 11 is 7.73. The van der Waals surface area contributed by atoms with Crippen molar-refractivity contribution in [2.24, 2.45) is 0 Å². The highest BCUT2D eigenvalue weighted by Gasteiger charge is 2.08. The molecule has 0 spiro atoms. The second-order valence-electron chi connectivity index (χ2n) is 4.95. The van der Waals surface area contributed by atoms with Crippen LogP contribution in [-0.2, 0) is 16.1 Å². The molecule has 0 saturated heterocycles. The van der Waals surface area contributed by atoms with Crippen LogP contribution >= 0.6 is 22.9 Å². The van der Waals surface area contributed by atoms with Gasteiger partial charge in [-0.15, -0.1) is 11.3 Å². The Balaban J connectivity index is 1.70. The molecule has 4 nitrogen and oxygen atoms in total. The molecule has 0 unspecified atom stereocenters. The number of carbonyl (C=O) groups is 1. The number of hydrogen-bond donors (Lipinski definition) is 0. The quantitative estimate of drug-likeness (QED) is 0.376. The predicted octanol–water partition coefficient (Wildman–Crippen LogP) is 4.71. The lowest BCUT2D eigenvalue weighted by Gasteiger charge is -2.07. The van der Waals surface area contributed by atoms with Crippen LogP contribution in [0.2, 0.25) is 5.15 Å². The number of methoxy groups -OCH3 is 1. The van der Waals surface area contributed by atoms with Crippen molar-refractivity contribution in [3.63, 3.8) is 0 Å². The first kappa shape index (κ1) is 16.5. The second kappa shape index (κ2) is 7.47. The number of rotatable bonds is 5. The molecule has 0 aliphatic heterocycles. The first-order valence-electron chi connectivity index (χ1n) is 7.17. The molecule has 0 radical (unpaired) electrons. The highest BCUT2D eigenvalue weighted by molar-refractivity contribution is 7.10. The summed E-state index contributed by atoms with van der Waals surface area (Å²) in [4.78, 5) is 17.1. The van der Waals surface area contributed by atoms with Crippen molar-refractivity contribution in [3.8, 4) is 5.75 Å². The monoisotopic (exact) mass is 359 g/mol. The molecule has 122 valence electrons. The maximum atomic E-state index is 11.8. The number of benzene rings is 1. The van der Waals surface area contributed by atoms with Gasteiger partial charge in [-0.2, -0.15) is 0 Å². The van der Waals surface area contributed by atoms with Gasteiger partial charge in [0.15, 0.2) is 0 Å². The number of esters is 1. The van der Waals surface area contributed by atoms with E-state index in [9.17, 15) is 4.79 Å². The third-order valence-corrected chi connectivity index (χ3v) is 4.51. The molecule has 0 saturated carbocycles. The normalized spacial score (nSPS) is 11.1. The van der Waals surface area contributed by atoms with E-state index in [0.717, 1.165) is 15.8 Å². The number of pyridine rings is 1. The number of fused-ring (bicyclic) bond motifs is 1. The number of hydrogen-bond acceptors (Lipinski definition) is 5. The summed E-state index contributed by atoms with van der Waals surface area (Å²) in [6, 6.07) is 11.2. The van der Waals surface area contributed by atoms with E-state index in [2.05, 4.69) is 4.98 Å². The fourth-order valence-corrected chi connectivity index (χ4v) is 2.95. The average Bonchev–Trinajstić information content (AvgIpc) is 3.11. The fourth-order valence-electron chi connectivity index (χ4n) is 2.13. The molecule has 0 N–H and O–H groups in total. The largest absolute Gasteiger partial charge is 0.497 e. The molecule has 0 atom stereocenters. The molecule has 3 rings (SSSR count). The molecule has 0 aliphatic carbocycles. The Hall–Kier alpha value is -2.37. The standard InChI is InChI=1S/C18H14ClNO3S/c1-22-14-5-4-12-9-13(18(19)20-16(12)10-14)11-23-17(21)7-6-15-3-2-8-24-15/h2-10H,11H2,1H3/b7-6+. The van der Waals surface area contributed by atoms with E-state index in [0.29, 0.717) is 16.5 Å². The van der Waals surface area contributed by atoms with Crippen molar-refractivity contribution >= 4 is 45.9 Å². The van der Waals surface area contributed by atoms with E-state index >= 15 is 0 Å². The molecule has 2 aromatic heterocycles. The minimum atomic E-state index is -0.422. The van der Waals surface area contributed by atoms with Gasteiger partial charge >= 0.3 is 5.97 Å². The van der Waals surface area contributed by atoms with Crippen LogP contribution in [0.5, 0.6) is 5.75 Å². The molecular weight excluding hydrogens is 346 g/mol. The maximum Gasteiger partial charge on any atom is 0.331 e. The highest BCUT2D eigenvalue weighted by atomic mass is 35.5. The molecule has 24 heavy (non-hydrogen) atoms. The molecule has 0 amide bonds. The van der Waals surface area contributed by atoms with E-state index in [4.69, 9.17) is 21.1 Å². The number of nitrogens with zero attached hydrogens (tertiary/aromatic N) is 1. The van der Waals surface area contributed by atoms with Gasteiger partial charge in [0.2, 0.25) is 0 Å². The van der Waals surface area contributed by atoms with Crippen molar-refractivity contribution in [1.82, 2.24) is 4.98 Å². The highest BCUT2D eigenvalue weighted by Crippen LogP contribution is 2.24. The van der Waals surface area contributed by atoms with E-state index < -0.39 is 5.97 Å². The van der Waals surface area contributed by atoms with Crippen molar-refractivity contribution in [3.05, 3.63) is 63.4 Å². The van der Waals surface area contributed by atoms with Gasteiger partial charge in [0.05, 0.1) is 12.6 Å². The Labute approximate surface area is 148 Å². The SMILES string of the molecule is COc1ccc2cc(COC(=O)/C=C/c3cccs3)c(Cl)nc2c1. The second-order valence-corrected chi connectivity index (χ2v) is 6.29. The minimum Gasteiger partial charge on any atom is -0.497 e. The van der Waals surface area contributed by atoms with Crippen LogP contribution in [0, 0.1) is 0 Å². The first-order chi connectivity index (χ1) is 11.7. The van der Waals surface area contributed by atoms with Crippen LogP contribution in [0.3, 0.4) is 0 Å². The van der Waals surface area contributed by atoms with Crippen LogP contribution < -0.4 is 4.74 Å². The summed E-state index contributed by atoms with van der Waals surface area (Å²) in [5.41, 5.74) is 1.39. The van der Waals surface area contributed by atoms with Gasteiger partial charge in [-0.1, -0.05) is 17.7 Å². The Bertz CT molecular complexity index is 891.